The standard InChI is InChI=1S/C24H27NO7/c1-24(2,3)32-23(29)25-17-10-11-18-16(14-17)7-5-13-30-21-15(9-12-20(26)27)6-4-8-19(21)31-22(18)28/h4,6,8,10-11,14H,5,7,9,12-13H2,1-3H3,(H,25,29)(H,26,27). The molecule has 1 heterocycles. The first-order valence-corrected chi connectivity index (χ1v) is 10.4. The van der Waals surface area contributed by atoms with E-state index in [1.165, 1.54) is 0 Å². The molecule has 8 nitrogen and oxygen atoms in total. The first-order valence-electron chi connectivity index (χ1n) is 10.4. The lowest BCUT2D eigenvalue weighted by molar-refractivity contribution is -0.136. The number of carbonyl (C=O) groups is 3. The van der Waals surface area contributed by atoms with Crippen molar-refractivity contribution >= 4 is 23.7 Å². The van der Waals surface area contributed by atoms with Crippen LogP contribution in [-0.4, -0.2) is 35.3 Å². The Kier molecular flexibility index (Phi) is 7.02. The summed E-state index contributed by atoms with van der Waals surface area (Å²) in [6.45, 7) is 5.69. The lowest BCUT2D eigenvalue weighted by Crippen LogP contribution is -2.27. The molecule has 0 aliphatic carbocycles. The van der Waals surface area contributed by atoms with Gasteiger partial charge in [-0.25, -0.2) is 9.59 Å². The van der Waals surface area contributed by atoms with Crippen LogP contribution >= 0.6 is 0 Å². The second-order valence-corrected chi connectivity index (χ2v) is 8.48. The van der Waals surface area contributed by atoms with Gasteiger partial charge in [-0.15, -0.1) is 0 Å². The molecule has 0 spiro atoms. The Morgan fingerprint density at radius 3 is 2.69 bits per heavy atom. The number of nitrogens with one attached hydrogen (secondary N) is 1. The van der Waals surface area contributed by atoms with Crippen LogP contribution in [0.3, 0.4) is 0 Å². The fraction of sp³-hybridized carbons (Fsp3) is 0.375. The second kappa shape index (κ2) is 9.72. The lowest BCUT2D eigenvalue weighted by Gasteiger charge is -2.21. The summed E-state index contributed by atoms with van der Waals surface area (Å²) < 4.78 is 16.8. The highest BCUT2D eigenvalue weighted by molar-refractivity contribution is 5.94. The largest absolute Gasteiger partial charge is 0.489 e. The predicted molar refractivity (Wildman–Crippen MR) is 117 cm³/mol. The minimum absolute atomic E-state index is 0.0516. The van der Waals surface area contributed by atoms with Gasteiger partial charge >= 0.3 is 18.0 Å². The zero-order valence-electron chi connectivity index (χ0n) is 18.4. The molecule has 170 valence electrons. The second-order valence-electron chi connectivity index (χ2n) is 8.48. The molecule has 3 rings (SSSR count). The van der Waals surface area contributed by atoms with Crippen LogP contribution in [0.25, 0.3) is 0 Å². The Morgan fingerprint density at radius 1 is 1.19 bits per heavy atom. The van der Waals surface area contributed by atoms with Gasteiger partial charge in [0.15, 0.2) is 11.5 Å². The van der Waals surface area contributed by atoms with Gasteiger partial charge in [0, 0.05) is 12.1 Å². The molecular formula is C24H27NO7. The van der Waals surface area contributed by atoms with Crippen LogP contribution in [0.15, 0.2) is 36.4 Å². The number of aliphatic carboxylic acids is 1. The molecule has 0 saturated heterocycles. The van der Waals surface area contributed by atoms with Gasteiger partial charge in [-0.3, -0.25) is 10.1 Å². The number of esters is 1. The van der Waals surface area contributed by atoms with Crippen molar-refractivity contribution in [1.29, 1.82) is 0 Å². The number of rotatable bonds is 4. The molecule has 0 bridgehead atoms. The van der Waals surface area contributed by atoms with Gasteiger partial charge in [-0.1, -0.05) is 12.1 Å². The van der Waals surface area contributed by atoms with E-state index in [-0.39, 0.29) is 18.6 Å². The average Bonchev–Trinajstić information content (AvgIpc) is 2.69. The summed E-state index contributed by atoms with van der Waals surface area (Å²) in [4.78, 5) is 35.9. The van der Waals surface area contributed by atoms with Crippen molar-refractivity contribution in [2.75, 3.05) is 11.9 Å². The van der Waals surface area contributed by atoms with Crippen molar-refractivity contribution in [3.8, 4) is 11.5 Å². The summed E-state index contributed by atoms with van der Waals surface area (Å²) in [5, 5.41) is 11.7. The number of fused-ring (bicyclic) bond motifs is 2. The van der Waals surface area contributed by atoms with Gasteiger partial charge in [0.2, 0.25) is 0 Å². The third kappa shape index (κ3) is 6.23. The van der Waals surface area contributed by atoms with E-state index in [0.717, 1.165) is 5.56 Å². The Labute approximate surface area is 186 Å². The number of ether oxygens (including phenoxy) is 3. The molecule has 2 aromatic rings. The van der Waals surface area contributed by atoms with E-state index >= 15 is 0 Å². The van der Waals surface area contributed by atoms with Gasteiger partial charge in [0.25, 0.3) is 0 Å². The van der Waals surface area contributed by atoms with Gasteiger partial charge in [-0.05, 0) is 75.4 Å². The van der Waals surface area contributed by atoms with E-state index in [0.29, 0.717) is 42.0 Å². The lowest BCUT2D eigenvalue weighted by atomic mass is 10.0. The van der Waals surface area contributed by atoms with Crippen LogP contribution in [0.1, 0.15) is 55.1 Å². The molecule has 8 heteroatoms. The van der Waals surface area contributed by atoms with Crippen molar-refractivity contribution in [2.45, 2.75) is 52.1 Å². The molecule has 1 aliphatic heterocycles. The fourth-order valence-corrected chi connectivity index (χ4v) is 3.33. The summed E-state index contributed by atoms with van der Waals surface area (Å²) in [7, 11) is 0. The monoisotopic (exact) mass is 441 g/mol. The minimum atomic E-state index is -0.913. The van der Waals surface area contributed by atoms with Crippen molar-refractivity contribution in [3.05, 3.63) is 53.1 Å². The summed E-state index contributed by atoms with van der Waals surface area (Å²) in [5.74, 6) is -0.814. The number of hydrogen-bond acceptors (Lipinski definition) is 6. The third-order valence-electron chi connectivity index (χ3n) is 4.68. The van der Waals surface area contributed by atoms with E-state index in [1.807, 2.05) is 0 Å². The Bertz CT molecular complexity index is 1020. The molecular weight excluding hydrogens is 414 g/mol. The molecule has 2 aromatic carbocycles. The molecule has 0 saturated carbocycles. The summed E-state index contributed by atoms with van der Waals surface area (Å²) >= 11 is 0. The quantitative estimate of drug-likeness (QED) is 0.527. The molecule has 1 aliphatic rings. The highest BCUT2D eigenvalue weighted by Crippen LogP contribution is 2.34. The maximum absolute atomic E-state index is 12.9. The predicted octanol–water partition coefficient (Wildman–Crippen LogP) is 4.60. The van der Waals surface area contributed by atoms with Crippen molar-refractivity contribution in [2.24, 2.45) is 0 Å². The van der Waals surface area contributed by atoms with Crippen molar-refractivity contribution in [3.63, 3.8) is 0 Å². The number of amides is 1. The number of anilines is 1. The van der Waals surface area contributed by atoms with Gasteiger partial charge < -0.3 is 19.3 Å². The first-order chi connectivity index (χ1) is 15.1. The number of carboxylic acid groups (broad SMARTS) is 1. The zero-order valence-corrected chi connectivity index (χ0v) is 18.4. The third-order valence-corrected chi connectivity index (χ3v) is 4.68. The fourth-order valence-electron chi connectivity index (χ4n) is 3.33. The van der Waals surface area contributed by atoms with E-state index in [4.69, 9.17) is 19.3 Å². The molecule has 1 amide bonds. The number of carboxylic acids is 1. The van der Waals surface area contributed by atoms with Crippen LogP contribution in [0, 0.1) is 0 Å². The minimum Gasteiger partial charge on any atom is -0.489 e. The number of benzene rings is 2. The summed E-state index contributed by atoms with van der Waals surface area (Å²) in [6.07, 6.45) is 0.784. The van der Waals surface area contributed by atoms with E-state index < -0.39 is 23.6 Å². The van der Waals surface area contributed by atoms with Crippen LogP contribution in [0.2, 0.25) is 0 Å². The van der Waals surface area contributed by atoms with Crippen LogP contribution in [0.4, 0.5) is 10.5 Å². The average molecular weight is 441 g/mol. The molecule has 0 fully saturated rings. The number of carbonyl (C=O) groups excluding carboxylic acids is 2. The number of hydrogen-bond donors (Lipinski definition) is 2. The summed E-state index contributed by atoms with van der Waals surface area (Å²) in [6, 6.07) is 10.1. The van der Waals surface area contributed by atoms with Crippen LogP contribution < -0.4 is 14.8 Å². The highest BCUT2D eigenvalue weighted by Gasteiger charge is 2.22. The maximum Gasteiger partial charge on any atom is 0.412 e. The first kappa shape index (κ1) is 23.1. The van der Waals surface area contributed by atoms with Crippen molar-refractivity contribution < 1.29 is 33.7 Å². The van der Waals surface area contributed by atoms with E-state index in [2.05, 4.69) is 5.32 Å². The SMILES string of the molecule is CC(C)(C)OC(=O)Nc1ccc2c(c1)CCCOc1c(CCC(=O)O)cccc1OC2=O. The smallest absolute Gasteiger partial charge is 0.412 e. The molecule has 0 unspecified atom stereocenters. The van der Waals surface area contributed by atoms with Crippen LogP contribution in [0.5, 0.6) is 11.5 Å². The van der Waals surface area contributed by atoms with E-state index in [9.17, 15) is 14.4 Å². The van der Waals surface area contributed by atoms with Gasteiger partial charge in [0.1, 0.15) is 5.60 Å². The molecule has 32 heavy (non-hydrogen) atoms. The number of aryl methyl sites for hydroxylation is 2. The Morgan fingerprint density at radius 2 is 1.97 bits per heavy atom. The Balaban J connectivity index is 1.84. The summed E-state index contributed by atoms with van der Waals surface area (Å²) in [5.41, 5.74) is 1.68. The number of para-hydroxylation sites is 1. The topological polar surface area (TPSA) is 111 Å². The van der Waals surface area contributed by atoms with Crippen LogP contribution in [-0.2, 0) is 22.4 Å². The molecule has 0 atom stereocenters. The highest BCUT2D eigenvalue weighted by atomic mass is 16.6. The van der Waals surface area contributed by atoms with E-state index in [1.54, 1.807) is 57.2 Å². The molecule has 0 aromatic heterocycles. The van der Waals surface area contributed by atoms with Gasteiger partial charge in [0.05, 0.1) is 12.2 Å². The Hall–Kier alpha value is -3.55. The molecule has 2 N–H and O–H groups in total. The normalized spacial score (nSPS) is 13.7. The maximum atomic E-state index is 12.9. The van der Waals surface area contributed by atoms with Crippen molar-refractivity contribution in [1.82, 2.24) is 0 Å². The molecule has 0 radical (unpaired) electrons. The zero-order chi connectivity index (χ0) is 23.3. The van der Waals surface area contributed by atoms with Gasteiger partial charge in [-0.2, -0.15) is 0 Å².